The minimum atomic E-state index is 0.339. The highest BCUT2D eigenvalue weighted by atomic mass is 32.2. The lowest BCUT2D eigenvalue weighted by Crippen LogP contribution is -2.17. The highest BCUT2D eigenvalue weighted by Crippen LogP contribution is 2.39. The van der Waals surface area contributed by atoms with Crippen LogP contribution in [0.5, 0.6) is 11.5 Å². The van der Waals surface area contributed by atoms with Crippen molar-refractivity contribution in [1.29, 1.82) is 0 Å². The van der Waals surface area contributed by atoms with Gasteiger partial charge in [-0.25, -0.2) is 0 Å². The van der Waals surface area contributed by atoms with Crippen LogP contribution in [0.1, 0.15) is 30.9 Å². The van der Waals surface area contributed by atoms with Crippen LogP contribution in [0.4, 0.5) is 0 Å². The number of methoxy groups -OCH3 is 1. The third-order valence-electron chi connectivity index (χ3n) is 3.83. The first kappa shape index (κ1) is 13.1. The van der Waals surface area contributed by atoms with Gasteiger partial charge in [-0.3, -0.25) is 0 Å². The van der Waals surface area contributed by atoms with Gasteiger partial charge in [0, 0.05) is 17.4 Å². The van der Waals surface area contributed by atoms with Crippen LogP contribution in [-0.4, -0.2) is 31.3 Å². The van der Waals surface area contributed by atoms with E-state index in [1.165, 1.54) is 24.2 Å². The lowest BCUT2D eigenvalue weighted by Gasteiger charge is -2.20. The molecule has 0 aliphatic carbocycles. The summed E-state index contributed by atoms with van der Waals surface area (Å²) in [4.78, 5) is 0. The molecule has 1 N–H and O–H groups in total. The number of para-hydroxylation sites is 1. The lowest BCUT2D eigenvalue weighted by molar-refractivity contribution is 0.217. The molecule has 1 aromatic rings. The first-order valence-electron chi connectivity index (χ1n) is 7.03. The van der Waals surface area contributed by atoms with Crippen LogP contribution >= 0.6 is 11.8 Å². The van der Waals surface area contributed by atoms with E-state index in [1.54, 1.807) is 7.11 Å². The summed E-state index contributed by atoms with van der Waals surface area (Å²) in [6.45, 7) is 1.10. The van der Waals surface area contributed by atoms with Crippen LogP contribution in [0, 0.1) is 0 Å². The molecular formula is C15H21NO2S. The van der Waals surface area contributed by atoms with E-state index in [-0.39, 0.29) is 0 Å². The molecule has 3 nitrogen and oxygen atoms in total. The normalized spacial score (nSPS) is 26.6. The Balaban J connectivity index is 1.83. The fourth-order valence-corrected chi connectivity index (χ4v) is 3.95. The van der Waals surface area contributed by atoms with Gasteiger partial charge in [0.1, 0.15) is 6.10 Å². The quantitative estimate of drug-likeness (QED) is 0.918. The molecule has 0 aromatic heterocycles. The van der Waals surface area contributed by atoms with Crippen molar-refractivity contribution in [2.75, 3.05) is 25.2 Å². The van der Waals surface area contributed by atoms with E-state index in [0.29, 0.717) is 12.1 Å². The second-order valence-electron chi connectivity index (χ2n) is 5.13. The number of benzene rings is 1. The van der Waals surface area contributed by atoms with Crippen molar-refractivity contribution in [3.8, 4) is 11.5 Å². The topological polar surface area (TPSA) is 30.5 Å². The second kappa shape index (κ2) is 6.06. The molecule has 19 heavy (non-hydrogen) atoms. The van der Waals surface area contributed by atoms with Gasteiger partial charge < -0.3 is 14.8 Å². The van der Waals surface area contributed by atoms with E-state index in [4.69, 9.17) is 9.47 Å². The van der Waals surface area contributed by atoms with E-state index in [2.05, 4.69) is 17.4 Å². The summed E-state index contributed by atoms with van der Waals surface area (Å²) >= 11 is 1.97. The van der Waals surface area contributed by atoms with Gasteiger partial charge in [-0.2, -0.15) is 11.8 Å². The van der Waals surface area contributed by atoms with E-state index in [0.717, 1.165) is 30.2 Å². The maximum absolute atomic E-state index is 6.12. The van der Waals surface area contributed by atoms with Crippen molar-refractivity contribution in [2.24, 2.45) is 0 Å². The monoisotopic (exact) mass is 279 g/mol. The van der Waals surface area contributed by atoms with Crippen molar-refractivity contribution in [2.45, 2.75) is 31.4 Å². The predicted octanol–water partition coefficient (Wildman–Crippen LogP) is 3.00. The van der Waals surface area contributed by atoms with Gasteiger partial charge >= 0.3 is 0 Å². The average molecular weight is 279 g/mol. The molecular weight excluding hydrogens is 258 g/mol. The van der Waals surface area contributed by atoms with Crippen LogP contribution in [-0.2, 0) is 0 Å². The molecule has 0 amide bonds. The standard InChI is InChI=1S/C15H21NO2S/c1-17-15-12(13-5-3-8-16-13)4-2-6-14(15)18-11-7-9-19-10-11/h2,4,6,11,13,16H,3,5,7-10H2,1H3. The number of hydrogen-bond donors (Lipinski definition) is 1. The largest absolute Gasteiger partial charge is 0.493 e. The summed E-state index contributed by atoms with van der Waals surface area (Å²) < 4.78 is 11.8. The Morgan fingerprint density at radius 2 is 2.26 bits per heavy atom. The molecule has 4 heteroatoms. The van der Waals surface area contributed by atoms with Crippen LogP contribution in [0.2, 0.25) is 0 Å². The fourth-order valence-electron chi connectivity index (χ4n) is 2.85. The van der Waals surface area contributed by atoms with Gasteiger partial charge in [-0.1, -0.05) is 12.1 Å². The Labute approximate surface area is 119 Å². The first-order valence-corrected chi connectivity index (χ1v) is 8.18. The Kier molecular flexibility index (Phi) is 4.18. The molecule has 2 fully saturated rings. The van der Waals surface area contributed by atoms with Crippen LogP contribution in [0.25, 0.3) is 0 Å². The molecule has 0 spiro atoms. The number of ether oxygens (including phenoxy) is 2. The predicted molar refractivity (Wildman–Crippen MR) is 79.3 cm³/mol. The summed E-state index contributed by atoms with van der Waals surface area (Å²) in [5.41, 5.74) is 1.24. The molecule has 0 bridgehead atoms. The van der Waals surface area contributed by atoms with E-state index < -0.39 is 0 Å². The molecule has 104 valence electrons. The Morgan fingerprint density at radius 1 is 1.32 bits per heavy atom. The van der Waals surface area contributed by atoms with Crippen molar-refractivity contribution in [3.05, 3.63) is 23.8 Å². The Morgan fingerprint density at radius 3 is 2.95 bits per heavy atom. The second-order valence-corrected chi connectivity index (χ2v) is 6.28. The molecule has 0 radical (unpaired) electrons. The van der Waals surface area contributed by atoms with Gasteiger partial charge in [0.2, 0.25) is 0 Å². The molecule has 2 saturated heterocycles. The zero-order valence-corrected chi connectivity index (χ0v) is 12.2. The lowest BCUT2D eigenvalue weighted by atomic mass is 10.0. The van der Waals surface area contributed by atoms with Gasteiger partial charge in [0.15, 0.2) is 11.5 Å². The van der Waals surface area contributed by atoms with E-state index in [1.807, 2.05) is 17.8 Å². The van der Waals surface area contributed by atoms with Crippen molar-refractivity contribution in [3.63, 3.8) is 0 Å². The molecule has 3 rings (SSSR count). The van der Waals surface area contributed by atoms with Crippen molar-refractivity contribution >= 4 is 11.8 Å². The first-order chi connectivity index (χ1) is 9.38. The summed E-state index contributed by atoms with van der Waals surface area (Å²) in [5, 5.41) is 3.53. The zero-order chi connectivity index (χ0) is 13.1. The summed E-state index contributed by atoms with van der Waals surface area (Å²) in [7, 11) is 1.74. The van der Waals surface area contributed by atoms with Crippen LogP contribution in [0.3, 0.4) is 0 Å². The van der Waals surface area contributed by atoms with Gasteiger partial charge in [-0.15, -0.1) is 0 Å². The molecule has 2 atom stereocenters. The van der Waals surface area contributed by atoms with Crippen molar-refractivity contribution in [1.82, 2.24) is 5.32 Å². The van der Waals surface area contributed by atoms with Gasteiger partial charge in [-0.05, 0) is 37.6 Å². The molecule has 1 aromatic carbocycles. The summed E-state index contributed by atoms with van der Waals surface area (Å²) in [6.07, 6.45) is 3.89. The molecule has 2 aliphatic rings. The average Bonchev–Trinajstić information content (AvgIpc) is 3.11. The third kappa shape index (κ3) is 2.84. The maximum Gasteiger partial charge on any atom is 0.165 e. The van der Waals surface area contributed by atoms with Gasteiger partial charge in [0.25, 0.3) is 0 Å². The summed E-state index contributed by atoms with van der Waals surface area (Å²) in [6, 6.07) is 6.67. The molecule has 2 unspecified atom stereocenters. The fraction of sp³-hybridized carbons (Fsp3) is 0.600. The summed E-state index contributed by atoms with van der Waals surface area (Å²) in [5.74, 6) is 4.12. The number of rotatable bonds is 4. The number of thioether (sulfide) groups is 1. The Hall–Kier alpha value is -0.870. The number of hydrogen-bond acceptors (Lipinski definition) is 4. The minimum Gasteiger partial charge on any atom is -0.493 e. The molecule has 0 saturated carbocycles. The third-order valence-corrected chi connectivity index (χ3v) is 4.96. The Bertz CT molecular complexity index is 426. The minimum absolute atomic E-state index is 0.339. The van der Waals surface area contributed by atoms with Crippen LogP contribution < -0.4 is 14.8 Å². The molecule has 2 aliphatic heterocycles. The van der Waals surface area contributed by atoms with E-state index in [9.17, 15) is 0 Å². The SMILES string of the molecule is COc1c(OC2CCSC2)cccc1C1CCCN1. The smallest absolute Gasteiger partial charge is 0.165 e. The van der Waals surface area contributed by atoms with Gasteiger partial charge in [0.05, 0.1) is 7.11 Å². The van der Waals surface area contributed by atoms with E-state index >= 15 is 0 Å². The number of nitrogens with one attached hydrogen (secondary N) is 1. The van der Waals surface area contributed by atoms with Crippen molar-refractivity contribution < 1.29 is 9.47 Å². The van der Waals surface area contributed by atoms with Crippen LogP contribution in [0.15, 0.2) is 18.2 Å². The highest BCUT2D eigenvalue weighted by Gasteiger charge is 2.24. The highest BCUT2D eigenvalue weighted by molar-refractivity contribution is 7.99. The maximum atomic E-state index is 6.12. The molecule has 2 heterocycles. The zero-order valence-electron chi connectivity index (χ0n) is 11.4.